The van der Waals surface area contributed by atoms with Crippen LogP contribution in [0.5, 0.6) is 0 Å². The summed E-state index contributed by atoms with van der Waals surface area (Å²) in [4.78, 5) is 16.5. The number of nitrogens with one attached hydrogen (secondary N) is 1. The molecule has 0 aliphatic heterocycles. The molecular weight excluding hydrogens is 272 g/mol. The van der Waals surface area contributed by atoms with Crippen LogP contribution in [-0.4, -0.2) is 10.9 Å². The van der Waals surface area contributed by atoms with Gasteiger partial charge in [0.05, 0.1) is 11.9 Å². The van der Waals surface area contributed by atoms with Crippen LogP contribution in [0.25, 0.3) is 0 Å². The number of nitrogens with zero attached hydrogens (tertiary/aromatic N) is 1. The van der Waals surface area contributed by atoms with Gasteiger partial charge in [0.15, 0.2) is 0 Å². The second kappa shape index (κ2) is 7.39. The number of hydrogen-bond acceptors (Lipinski definition) is 2. The molecule has 2 aliphatic carbocycles. The molecular formula is C19H24N2O. The van der Waals surface area contributed by atoms with Crippen molar-refractivity contribution in [3.05, 3.63) is 48.8 Å². The first-order valence-corrected chi connectivity index (χ1v) is 8.37. The van der Waals surface area contributed by atoms with Crippen LogP contribution < -0.4 is 5.32 Å². The van der Waals surface area contributed by atoms with Crippen LogP contribution in [0.2, 0.25) is 0 Å². The molecule has 1 fully saturated rings. The van der Waals surface area contributed by atoms with Crippen molar-refractivity contribution in [2.75, 3.05) is 5.32 Å². The second-order valence-corrected chi connectivity index (χ2v) is 6.26. The molecule has 0 bridgehead atoms. The summed E-state index contributed by atoms with van der Waals surface area (Å²) < 4.78 is 0. The molecule has 3 heteroatoms. The van der Waals surface area contributed by atoms with Gasteiger partial charge in [-0.3, -0.25) is 9.78 Å². The van der Waals surface area contributed by atoms with Gasteiger partial charge in [-0.05, 0) is 62.5 Å². The Hall–Kier alpha value is -1.90. The standard InChI is InChI=1S/C19H24N2O/c22-19(21-15-10-9-13-20-14-15)18-16-11-7-5-3-1-2-4-6-8-12-17(16)18/h3-6,9-10,13-14,16-18H,1-2,7-8,11-12H2,(H,21,22)/t16-,17+,18?. The predicted octanol–water partition coefficient (Wildman–Crippen LogP) is 4.35. The van der Waals surface area contributed by atoms with Crippen LogP contribution in [0.15, 0.2) is 48.8 Å². The Morgan fingerprint density at radius 3 is 2.23 bits per heavy atom. The second-order valence-electron chi connectivity index (χ2n) is 6.26. The largest absolute Gasteiger partial charge is 0.324 e. The van der Waals surface area contributed by atoms with Crippen LogP contribution in [0.3, 0.4) is 0 Å². The topological polar surface area (TPSA) is 42.0 Å². The van der Waals surface area contributed by atoms with E-state index < -0.39 is 0 Å². The third-order valence-electron chi connectivity index (χ3n) is 4.73. The van der Waals surface area contributed by atoms with Crippen molar-refractivity contribution >= 4 is 11.6 Å². The molecule has 1 saturated carbocycles. The molecule has 1 amide bonds. The van der Waals surface area contributed by atoms with E-state index in [0.29, 0.717) is 11.8 Å². The number of allylic oxidation sites excluding steroid dienone is 4. The fourth-order valence-corrected chi connectivity index (χ4v) is 3.52. The third kappa shape index (κ3) is 3.85. The summed E-state index contributed by atoms with van der Waals surface area (Å²) in [6.45, 7) is 0. The van der Waals surface area contributed by atoms with E-state index in [9.17, 15) is 4.79 Å². The van der Waals surface area contributed by atoms with Crippen LogP contribution >= 0.6 is 0 Å². The first kappa shape index (κ1) is 15.0. The molecule has 22 heavy (non-hydrogen) atoms. The monoisotopic (exact) mass is 296 g/mol. The van der Waals surface area contributed by atoms with Gasteiger partial charge in [0.2, 0.25) is 5.91 Å². The van der Waals surface area contributed by atoms with Crippen molar-refractivity contribution in [3.63, 3.8) is 0 Å². The molecule has 1 unspecified atom stereocenters. The molecule has 1 N–H and O–H groups in total. The lowest BCUT2D eigenvalue weighted by Crippen LogP contribution is -2.15. The van der Waals surface area contributed by atoms with Crippen molar-refractivity contribution in [2.24, 2.45) is 17.8 Å². The molecule has 1 aromatic heterocycles. The Kier molecular flexibility index (Phi) is 5.04. The molecule has 2 aliphatic rings. The average molecular weight is 296 g/mol. The molecule has 0 aromatic carbocycles. The van der Waals surface area contributed by atoms with Crippen LogP contribution in [0, 0.1) is 17.8 Å². The van der Waals surface area contributed by atoms with Gasteiger partial charge in [0.1, 0.15) is 0 Å². The molecule has 0 radical (unpaired) electrons. The number of carbonyl (C=O) groups excluding carboxylic acids is 1. The number of amides is 1. The molecule has 1 aromatic rings. The Balaban J connectivity index is 1.60. The number of carbonyl (C=O) groups is 1. The summed E-state index contributed by atoms with van der Waals surface area (Å²) in [6.07, 6.45) is 19.3. The molecule has 1 heterocycles. The van der Waals surface area contributed by atoms with Crippen LogP contribution in [-0.2, 0) is 4.79 Å². The zero-order chi connectivity index (χ0) is 15.2. The Morgan fingerprint density at radius 2 is 1.64 bits per heavy atom. The van der Waals surface area contributed by atoms with Gasteiger partial charge in [-0.25, -0.2) is 0 Å². The lowest BCUT2D eigenvalue weighted by Gasteiger charge is -2.03. The number of aromatic nitrogens is 1. The van der Waals surface area contributed by atoms with E-state index in [2.05, 4.69) is 34.6 Å². The first-order valence-electron chi connectivity index (χ1n) is 8.37. The summed E-state index contributed by atoms with van der Waals surface area (Å²) in [7, 11) is 0. The maximum atomic E-state index is 12.5. The number of fused-ring (bicyclic) bond motifs is 1. The first-order chi connectivity index (χ1) is 10.9. The van der Waals surface area contributed by atoms with Crippen molar-refractivity contribution in [3.8, 4) is 0 Å². The molecule has 0 saturated heterocycles. The van der Waals surface area contributed by atoms with Gasteiger partial charge in [-0.2, -0.15) is 0 Å². The maximum Gasteiger partial charge on any atom is 0.228 e. The fourth-order valence-electron chi connectivity index (χ4n) is 3.52. The summed E-state index contributed by atoms with van der Waals surface area (Å²) in [5.74, 6) is 1.46. The van der Waals surface area contributed by atoms with Crippen molar-refractivity contribution in [1.29, 1.82) is 0 Å². The maximum absolute atomic E-state index is 12.5. The Bertz CT molecular complexity index is 526. The zero-order valence-electron chi connectivity index (χ0n) is 12.9. The summed E-state index contributed by atoms with van der Waals surface area (Å²) in [5, 5.41) is 3.02. The van der Waals surface area contributed by atoms with Gasteiger partial charge in [0, 0.05) is 12.1 Å². The quantitative estimate of drug-likeness (QED) is 0.824. The summed E-state index contributed by atoms with van der Waals surface area (Å²) in [5.41, 5.74) is 0.801. The molecule has 3 rings (SSSR count). The zero-order valence-corrected chi connectivity index (χ0v) is 12.9. The van der Waals surface area contributed by atoms with Crippen molar-refractivity contribution in [1.82, 2.24) is 4.98 Å². The highest BCUT2D eigenvalue weighted by Gasteiger charge is 2.52. The van der Waals surface area contributed by atoms with Gasteiger partial charge in [-0.1, -0.05) is 24.3 Å². The van der Waals surface area contributed by atoms with Crippen LogP contribution in [0.4, 0.5) is 5.69 Å². The summed E-state index contributed by atoms with van der Waals surface area (Å²) >= 11 is 0. The number of pyridine rings is 1. The summed E-state index contributed by atoms with van der Waals surface area (Å²) in [6, 6.07) is 3.74. The van der Waals surface area contributed by atoms with E-state index >= 15 is 0 Å². The minimum atomic E-state index is 0.172. The highest BCUT2D eigenvalue weighted by molar-refractivity contribution is 5.94. The lowest BCUT2D eigenvalue weighted by atomic mass is 10.1. The molecule has 0 spiro atoms. The minimum Gasteiger partial charge on any atom is -0.324 e. The van der Waals surface area contributed by atoms with E-state index in [1.165, 1.54) is 0 Å². The Morgan fingerprint density at radius 1 is 1.00 bits per heavy atom. The fraction of sp³-hybridized carbons (Fsp3) is 0.474. The van der Waals surface area contributed by atoms with Gasteiger partial charge < -0.3 is 5.32 Å². The van der Waals surface area contributed by atoms with Crippen molar-refractivity contribution in [2.45, 2.75) is 38.5 Å². The van der Waals surface area contributed by atoms with E-state index in [4.69, 9.17) is 0 Å². The smallest absolute Gasteiger partial charge is 0.228 e. The minimum absolute atomic E-state index is 0.172. The van der Waals surface area contributed by atoms with Gasteiger partial charge in [-0.15, -0.1) is 0 Å². The van der Waals surface area contributed by atoms with Gasteiger partial charge >= 0.3 is 0 Å². The SMILES string of the molecule is O=C(Nc1cccnc1)C1[C@H]2CCC=CCCC=CCC[C@@H]12. The molecule has 3 nitrogen and oxygen atoms in total. The van der Waals surface area contributed by atoms with Crippen LogP contribution in [0.1, 0.15) is 38.5 Å². The Labute approximate surface area is 132 Å². The van der Waals surface area contributed by atoms with Crippen molar-refractivity contribution < 1.29 is 4.79 Å². The van der Waals surface area contributed by atoms with Gasteiger partial charge in [0.25, 0.3) is 0 Å². The molecule has 3 atom stereocenters. The van der Waals surface area contributed by atoms with E-state index in [1.54, 1.807) is 12.4 Å². The lowest BCUT2D eigenvalue weighted by molar-refractivity contribution is -0.117. The highest BCUT2D eigenvalue weighted by atomic mass is 16.2. The molecule has 116 valence electrons. The number of hydrogen-bond donors (Lipinski definition) is 1. The average Bonchev–Trinajstić information content (AvgIpc) is 3.21. The highest BCUT2D eigenvalue weighted by Crippen LogP contribution is 2.52. The van der Waals surface area contributed by atoms with E-state index in [-0.39, 0.29) is 11.8 Å². The normalized spacial score (nSPS) is 28.1. The third-order valence-corrected chi connectivity index (χ3v) is 4.73. The number of anilines is 1. The van der Waals surface area contributed by atoms with E-state index in [0.717, 1.165) is 44.2 Å². The predicted molar refractivity (Wildman–Crippen MR) is 89.3 cm³/mol. The number of rotatable bonds is 2. The van der Waals surface area contributed by atoms with E-state index in [1.807, 2.05) is 12.1 Å².